The number of pyridine rings is 1. The van der Waals surface area contributed by atoms with Gasteiger partial charge in [-0.1, -0.05) is 23.4 Å². The Morgan fingerprint density at radius 3 is 2.50 bits per heavy atom. The highest BCUT2D eigenvalue weighted by Crippen LogP contribution is 2.30. The number of carbonyl (C=O) groups is 2. The van der Waals surface area contributed by atoms with E-state index in [0.29, 0.717) is 10.9 Å². The van der Waals surface area contributed by atoms with E-state index in [4.69, 9.17) is 15.2 Å². The van der Waals surface area contributed by atoms with E-state index in [1.165, 1.54) is 4.52 Å². The maximum Gasteiger partial charge on any atom is 0.361 e. The summed E-state index contributed by atoms with van der Waals surface area (Å²) in [7, 11) is 0. The van der Waals surface area contributed by atoms with Crippen molar-refractivity contribution >= 4 is 34.0 Å². The molecule has 0 atom stereocenters. The molecule has 0 radical (unpaired) electrons. The Hall–Kier alpha value is -3.16. The number of ether oxygens (including phenoxy) is 2. The number of hydrogen-bond donors (Lipinski definition) is 1. The van der Waals surface area contributed by atoms with Crippen LogP contribution in [0.15, 0.2) is 24.3 Å². The third-order valence-electron chi connectivity index (χ3n) is 3.55. The van der Waals surface area contributed by atoms with Crippen LogP contribution in [0, 0.1) is 0 Å². The first-order valence-electron chi connectivity index (χ1n) is 7.49. The summed E-state index contributed by atoms with van der Waals surface area (Å²) in [4.78, 5) is 24.6. The van der Waals surface area contributed by atoms with Crippen molar-refractivity contribution in [3.05, 3.63) is 35.5 Å². The van der Waals surface area contributed by atoms with Crippen LogP contribution < -0.4 is 5.73 Å². The van der Waals surface area contributed by atoms with Crippen molar-refractivity contribution < 1.29 is 19.1 Å². The Labute approximate surface area is 137 Å². The van der Waals surface area contributed by atoms with Crippen LogP contribution in [-0.4, -0.2) is 40.0 Å². The number of nitrogens with zero attached hydrogens (tertiary/aromatic N) is 3. The molecule has 0 aliphatic heterocycles. The van der Waals surface area contributed by atoms with Crippen molar-refractivity contribution in [3.8, 4) is 0 Å². The molecule has 0 aliphatic rings. The minimum Gasteiger partial charge on any atom is -0.462 e. The zero-order chi connectivity index (χ0) is 17.3. The van der Waals surface area contributed by atoms with Gasteiger partial charge in [-0.25, -0.2) is 14.1 Å². The van der Waals surface area contributed by atoms with Gasteiger partial charge in [0.1, 0.15) is 11.1 Å². The summed E-state index contributed by atoms with van der Waals surface area (Å²) < 4.78 is 11.5. The van der Waals surface area contributed by atoms with E-state index in [-0.39, 0.29) is 35.7 Å². The first-order chi connectivity index (χ1) is 11.6. The van der Waals surface area contributed by atoms with Crippen molar-refractivity contribution in [2.45, 2.75) is 13.8 Å². The lowest BCUT2D eigenvalue weighted by Crippen LogP contribution is -2.14. The Morgan fingerprint density at radius 1 is 1.12 bits per heavy atom. The molecule has 8 heteroatoms. The van der Waals surface area contributed by atoms with E-state index in [2.05, 4.69) is 10.3 Å². The summed E-state index contributed by atoms with van der Waals surface area (Å²) in [6.07, 6.45) is 0. The maximum absolute atomic E-state index is 12.4. The third-order valence-corrected chi connectivity index (χ3v) is 3.55. The molecular formula is C16H16N4O4. The van der Waals surface area contributed by atoms with E-state index in [1.807, 2.05) is 0 Å². The number of carbonyl (C=O) groups excluding carboxylic acids is 2. The fraction of sp³-hybridized carbons (Fsp3) is 0.250. The Bertz CT molecular complexity index is 948. The number of nitrogen functional groups attached to an aromatic ring is 1. The molecule has 3 aromatic rings. The van der Waals surface area contributed by atoms with Gasteiger partial charge in [0.25, 0.3) is 0 Å². The van der Waals surface area contributed by atoms with Crippen LogP contribution in [0.2, 0.25) is 0 Å². The first kappa shape index (κ1) is 15.7. The molecule has 0 amide bonds. The molecule has 3 rings (SSSR count). The number of para-hydroxylation sites is 1. The molecule has 2 heterocycles. The van der Waals surface area contributed by atoms with Crippen molar-refractivity contribution in [2.24, 2.45) is 0 Å². The number of benzene rings is 1. The number of rotatable bonds is 4. The van der Waals surface area contributed by atoms with Crippen molar-refractivity contribution in [3.63, 3.8) is 0 Å². The van der Waals surface area contributed by atoms with Gasteiger partial charge in [-0.15, -0.1) is 5.10 Å². The topological polar surface area (TPSA) is 109 Å². The van der Waals surface area contributed by atoms with E-state index in [9.17, 15) is 9.59 Å². The normalized spacial score (nSPS) is 10.9. The van der Waals surface area contributed by atoms with Crippen LogP contribution >= 0.6 is 0 Å². The van der Waals surface area contributed by atoms with E-state index >= 15 is 0 Å². The molecule has 2 N–H and O–H groups in total. The van der Waals surface area contributed by atoms with Crippen molar-refractivity contribution in [1.82, 2.24) is 14.8 Å². The monoisotopic (exact) mass is 328 g/mol. The van der Waals surface area contributed by atoms with E-state index in [1.54, 1.807) is 38.1 Å². The van der Waals surface area contributed by atoms with Gasteiger partial charge in [0, 0.05) is 5.39 Å². The minimum absolute atomic E-state index is 0.0589. The quantitative estimate of drug-likeness (QED) is 0.727. The molecule has 0 bridgehead atoms. The molecule has 24 heavy (non-hydrogen) atoms. The average molecular weight is 328 g/mol. The van der Waals surface area contributed by atoms with Crippen LogP contribution in [0.5, 0.6) is 0 Å². The number of anilines is 1. The van der Waals surface area contributed by atoms with Gasteiger partial charge in [-0.05, 0) is 19.9 Å². The van der Waals surface area contributed by atoms with Crippen LogP contribution in [0.3, 0.4) is 0 Å². The van der Waals surface area contributed by atoms with Gasteiger partial charge in [0.15, 0.2) is 5.69 Å². The summed E-state index contributed by atoms with van der Waals surface area (Å²) >= 11 is 0. The van der Waals surface area contributed by atoms with Crippen LogP contribution in [0.4, 0.5) is 5.69 Å². The highest BCUT2D eigenvalue weighted by molar-refractivity contribution is 6.13. The molecule has 0 aliphatic carbocycles. The van der Waals surface area contributed by atoms with Gasteiger partial charge in [-0.3, -0.25) is 0 Å². The summed E-state index contributed by atoms with van der Waals surface area (Å²) in [5.74, 6) is -1.31. The second kappa shape index (κ2) is 6.15. The average Bonchev–Trinajstić information content (AvgIpc) is 3.00. The molecular weight excluding hydrogens is 312 g/mol. The van der Waals surface area contributed by atoms with Crippen LogP contribution in [-0.2, 0) is 9.47 Å². The highest BCUT2D eigenvalue weighted by atomic mass is 16.5. The summed E-state index contributed by atoms with van der Waals surface area (Å²) in [6.45, 7) is 3.72. The van der Waals surface area contributed by atoms with Crippen molar-refractivity contribution in [2.75, 3.05) is 18.9 Å². The van der Waals surface area contributed by atoms with Gasteiger partial charge < -0.3 is 15.2 Å². The van der Waals surface area contributed by atoms with E-state index in [0.717, 1.165) is 0 Å². The predicted octanol–water partition coefficient (Wildman–Crippen LogP) is 1.82. The molecule has 0 spiro atoms. The summed E-state index contributed by atoms with van der Waals surface area (Å²) in [6, 6.07) is 7.13. The zero-order valence-corrected chi connectivity index (χ0v) is 13.3. The fourth-order valence-corrected chi connectivity index (χ4v) is 2.57. The molecule has 8 nitrogen and oxygen atoms in total. The number of hydrogen-bond acceptors (Lipinski definition) is 7. The predicted molar refractivity (Wildman–Crippen MR) is 86.8 cm³/mol. The summed E-state index contributed by atoms with van der Waals surface area (Å²) in [5, 5.41) is 8.50. The molecule has 1 aromatic carbocycles. The molecule has 0 saturated heterocycles. The Balaban J connectivity index is 2.42. The maximum atomic E-state index is 12.4. The van der Waals surface area contributed by atoms with Gasteiger partial charge in [-0.2, -0.15) is 0 Å². The molecule has 0 unspecified atom stereocenters. The highest BCUT2D eigenvalue weighted by Gasteiger charge is 2.27. The molecule has 2 aromatic heterocycles. The Kier molecular flexibility index (Phi) is 4.03. The second-order valence-corrected chi connectivity index (χ2v) is 4.95. The van der Waals surface area contributed by atoms with Gasteiger partial charge in [0.2, 0.25) is 0 Å². The SMILES string of the molecule is CCOC(=O)c1nnn2c1c(C(=O)OCC)c(N)c1ccccc12. The lowest BCUT2D eigenvalue weighted by atomic mass is 10.1. The smallest absolute Gasteiger partial charge is 0.361 e. The second-order valence-electron chi connectivity index (χ2n) is 4.95. The summed E-state index contributed by atoms with van der Waals surface area (Å²) in [5.41, 5.74) is 7.21. The minimum atomic E-state index is -0.673. The largest absolute Gasteiger partial charge is 0.462 e. The van der Waals surface area contributed by atoms with Crippen molar-refractivity contribution in [1.29, 1.82) is 0 Å². The number of esters is 2. The zero-order valence-electron chi connectivity index (χ0n) is 13.3. The molecule has 0 saturated carbocycles. The molecule has 0 fully saturated rings. The van der Waals surface area contributed by atoms with Gasteiger partial charge >= 0.3 is 11.9 Å². The first-order valence-corrected chi connectivity index (χ1v) is 7.49. The number of fused-ring (bicyclic) bond motifs is 3. The number of nitrogens with two attached hydrogens (primary N) is 1. The standard InChI is InChI=1S/C16H16N4O4/c1-3-23-15(21)11-12(17)9-7-5-6-8-10(9)20-14(11)13(18-19-20)16(22)24-4-2/h5-8H,3-4,17H2,1-2H3. The van der Waals surface area contributed by atoms with Gasteiger partial charge in [0.05, 0.1) is 24.4 Å². The third kappa shape index (κ3) is 2.32. The lowest BCUT2D eigenvalue weighted by molar-refractivity contribution is 0.0521. The molecule has 124 valence electrons. The fourth-order valence-electron chi connectivity index (χ4n) is 2.57. The number of aromatic nitrogens is 3. The van der Waals surface area contributed by atoms with Crippen LogP contribution in [0.25, 0.3) is 16.4 Å². The lowest BCUT2D eigenvalue weighted by Gasteiger charge is -2.11. The van der Waals surface area contributed by atoms with Crippen LogP contribution in [0.1, 0.15) is 34.7 Å². The van der Waals surface area contributed by atoms with E-state index < -0.39 is 11.9 Å². The Morgan fingerprint density at radius 2 is 1.79 bits per heavy atom.